The van der Waals surface area contributed by atoms with Gasteiger partial charge in [0, 0.05) is 18.1 Å². The molecule has 0 aliphatic rings. The van der Waals surface area contributed by atoms with E-state index in [0.29, 0.717) is 39.9 Å². The summed E-state index contributed by atoms with van der Waals surface area (Å²) < 4.78 is 1.52. The summed E-state index contributed by atoms with van der Waals surface area (Å²) in [5.74, 6) is 0.146. The van der Waals surface area contributed by atoms with E-state index in [1.165, 1.54) is 16.3 Å². The molecule has 0 aliphatic carbocycles. The highest BCUT2D eigenvalue weighted by Gasteiger charge is 2.17. The average Bonchev–Trinajstić information content (AvgIpc) is 2.70. The summed E-state index contributed by atoms with van der Waals surface area (Å²) >= 11 is 7.39. The third-order valence-electron chi connectivity index (χ3n) is 4.33. The molecule has 3 aromatic rings. The molecule has 0 atom stereocenters. The SMILES string of the molecule is C=C(C)CN(CC)C(=O)CSc1nc2ccccc2c(=O)n1-c1cccc(Cl)c1. The van der Waals surface area contributed by atoms with Gasteiger partial charge in [-0.3, -0.25) is 14.2 Å². The first-order valence-corrected chi connectivity index (χ1v) is 10.6. The predicted molar refractivity (Wildman–Crippen MR) is 120 cm³/mol. The minimum absolute atomic E-state index is 0.0273. The molecule has 0 radical (unpaired) electrons. The number of carbonyl (C=O) groups excluding carboxylic acids is 1. The van der Waals surface area contributed by atoms with Crippen LogP contribution in [0.1, 0.15) is 13.8 Å². The van der Waals surface area contributed by atoms with Crippen molar-refractivity contribution in [3.63, 3.8) is 0 Å². The maximum Gasteiger partial charge on any atom is 0.266 e. The summed E-state index contributed by atoms with van der Waals surface area (Å²) in [6, 6.07) is 14.2. The molecule has 0 spiro atoms. The van der Waals surface area contributed by atoms with Crippen LogP contribution in [0, 0.1) is 0 Å². The van der Waals surface area contributed by atoms with Crippen LogP contribution >= 0.6 is 23.4 Å². The average molecular weight is 428 g/mol. The lowest BCUT2D eigenvalue weighted by Gasteiger charge is -2.21. The van der Waals surface area contributed by atoms with Gasteiger partial charge in [0.15, 0.2) is 5.16 Å². The minimum Gasteiger partial charge on any atom is -0.338 e. The molecular weight excluding hydrogens is 406 g/mol. The number of fused-ring (bicyclic) bond motifs is 1. The molecule has 1 amide bonds. The van der Waals surface area contributed by atoms with Gasteiger partial charge in [0.2, 0.25) is 5.91 Å². The van der Waals surface area contributed by atoms with Crippen LogP contribution in [0.3, 0.4) is 0 Å². The Labute approximate surface area is 179 Å². The summed E-state index contributed by atoms with van der Waals surface area (Å²) in [6.07, 6.45) is 0. The first kappa shape index (κ1) is 21.1. The van der Waals surface area contributed by atoms with E-state index in [2.05, 4.69) is 11.6 Å². The molecular formula is C22H22ClN3O2S. The summed E-state index contributed by atoms with van der Waals surface area (Å²) in [7, 11) is 0. The Bertz CT molecular complexity index is 1130. The number of halogens is 1. The summed E-state index contributed by atoms with van der Waals surface area (Å²) in [6.45, 7) is 8.82. The van der Waals surface area contributed by atoms with Crippen LogP contribution in [-0.4, -0.2) is 39.2 Å². The maximum absolute atomic E-state index is 13.2. The molecule has 0 bridgehead atoms. The second kappa shape index (κ2) is 9.29. The van der Waals surface area contributed by atoms with E-state index in [9.17, 15) is 9.59 Å². The maximum atomic E-state index is 13.2. The molecule has 3 rings (SSSR count). The molecule has 0 unspecified atom stereocenters. The molecule has 0 aliphatic heterocycles. The van der Waals surface area contributed by atoms with Gasteiger partial charge in [-0.1, -0.05) is 53.7 Å². The number of amides is 1. The van der Waals surface area contributed by atoms with E-state index >= 15 is 0 Å². The number of para-hydroxylation sites is 1. The number of carbonyl (C=O) groups is 1. The normalized spacial score (nSPS) is 10.9. The fourth-order valence-electron chi connectivity index (χ4n) is 2.97. The van der Waals surface area contributed by atoms with Gasteiger partial charge in [-0.25, -0.2) is 4.98 Å². The molecule has 1 aromatic heterocycles. The second-order valence-electron chi connectivity index (χ2n) is 6.69. The molecule has 5 nitrogen and oxygen atoms in total. The van der Waals surface area contributed by atoms with Crippen molar-refractivity contribution in [1.82, 2.24) is 14.5 Å². The number of aromatic nitrogens is 2. The van der Waals surface area contributed by atoms with Crippen LogP contribution in [0.2, 0.25) is 5.02 Å². The first-order valence-electron chi connectivity index (χ1n) is 9.23. The van der Waals surface area contributed by atoms with Crippen LogP contribution in [0.4, 0.5) is 0 Å². The Morgan fingerprint density at radius 3 is 2.69 bits per heavy atom. The Morgan fingerprint density at radius 1 is 1.24 bits per heavy atom. The van der Waals surface area contributed by atoms with Crippen molar-refractivity contribution in [2.24, 2.45) is 0 Å². The topological polar surface area (TPSA) is 55.2 Å². The molecule has 0 fully saturated rings. The lowest BCUT2D eigenvalue weighted by molar-refractivity contribution is -0.127. The van der Waals surface area contributed by atoms with Gasteiger partial charge in [-0.05, 0) is 44.2 Å². The Balaban J connectivity index is 2.02. The number of hydrogen-bond acceptors (Lipinski definition) is 4. The number of rotatable bonds is 7. The number of thioether (sulfide) groups is 1. The van der Waals surface area contributed by atoms with Gasteiger partial charge in [0.25, 0.3) is 5.56 Å². The Morgan fingerprint density at radius 2 is 2.00 bits per heavy atom. The second-order valence-corrected chi connectivity index (χ2v) is 8.06. The van der Waals surface area contributed by atoms with Gasteiger partial charge in [-0.2, -0.15) is 0 Å². The quantitative estimate of drug-likeness (QED) is 0.315. The summed E-state index contributed by atoms with van der Waals surface area (Å²) in [4.78, 5) is 32.3. The fourth-order valence-corrected chi connectivity index (χ4v) is 4.07. The molecule has 150 valence electrons. The summed E-state index contributed by atoms with van der Waals surface area (Å²) in [5.41, 5.74) is 1.94. The van der Waals surface area contributed by atoms with Crippen LogP contribution in [-0.2, 0) is 4.79 Å². The molecule has 0 saturated heterocycles. The van der Waals surface area contributed by atoms with Crippen LogP contribution < -0.4 is 5.56 Å². The van der Waals surface area contributed by atoms with E-state index in [-0.39, 0.29) is 17.2 Å². The van der Waals surface area contributed by atoms with Gasteiger partial charge >= 0.3 is 0 Å². The van der Waals surface area contributed by atoms with E-state index in [1.807, 2.05) is 19.9 Å². The lowest BCUT2D eigenvalue weighted by Crippen LogP contribution is -2.33. The van der Waals surface area contributed by atoms with Crippen LogP contribution in [0.25, 0.3) is 16.6 Å². The highest BCUT2D eigenvalue weighted by molar-refractivity contribution is 7.99. The number of hydrogen-bond donors (Lipinski definition) is 0. The zero-order valence-corrected chi connectivity index (χ0v) is 18.0. The zero-order valence-electron chi connectivity index (χ0n) is 16.4. The van der Waals surface area contributed by atoms with Crippen molar-refractivity contribution < 1.29 is 4.79 Å². The zero-order chi connectivity index (χ0) is 21.0. The minimum atomic E-state index is -0.193. The van der Waals surface area contributed by atoms with Crippen molar-refractivity contribution in [2.45, 2.75) is 19.0 Å². The molecule has 1 heterocycles. The van der Waals surface area contributed by atoms with Crippen molar-refractivity contribution in [3.05, 3.63) is 76.1 Å². The smallest absolute Gasteiger partial charge is 0.266 e. The third kappa shape index (κ3) is 4.89. The van der Waals surface area contributed by atoms with Crippen molar-refractivity contribution in [3.8, 4) is 5.69 Å². The first-order chi connectivity index (χ1) is 13.9. The van der Waals surface area contributed by atoms with Crippen molar-refractivity contribution >= 4 is 40.2 Å². The molecule has 7 heteroatoms. The lowest BCUT2D eigenvalue weighted by atomic mass is 10.2. The summed E-state index contributed by atoms with van der Waals surface area (Å²) in [5, 5.41) is 1.49. The van der Waals surface area contributed by atoms with E-state index in [0.717, 1.165) is 5.57 Å². The molecule has 29 heavy (non-hydrogen) atoms. The standard InChI is InChI=1S/C22H22ClN3O2S/c1-4-25(13-15(2)3)20(27)14-29-22-24-19-11-6-5-10-18(19)21(28)26(22)17-9-7-8-16(23)12-17/h5-12H,2,4,13-14H2,1,3H3. The number of likely N-dealkylation sites (N-methyl/N-ethyl adjacent to an activating group) is 1. The molecule has 0 N–H and O–H groups in total. The van der Waals surface area contributed by atoms with Crippen molar-refractivity contribution in [2.75, 3.05) is 18.8 Å². The van der Waals surface area contributed by atoms with Gasteiger partial charge in [0.05, 0.1) is 22.3 Å². The molecule has 0 saturated carbocycles. The van der Waals surface area contributed by atoms with Gasteiger partial charge < -0.3 is 4.90 Å². The van der Waals surface area contributed by atoms with Crippen molar-refractivity contribution in [1.29, 1.82) is 0 Å². The third-order valence-corrected chi connectivity index (χ3v) is 5.49. The highest BCUT2D eigenvalue weighted by Crippen LogP contribution is 2.23. The fraction of sp³-hybridized carbons (Fsp3) is 0.227. The Kier molecular flexibility index (Phi) is 6.77. The Hall–Kier alpha value is -2.57. The molecule has 2 aromatic carbocycles. The monoisotopic (exact) mass is 427 g/mol. The number of nitrogens with zero attached hydrogens (tertiary/aromatic N) is 3. The van der Waals surface area contributed by atoms with Gasteiger partial charge in [0.1, 0.15) is 0 Å². The van der Waals surface area contributed by atoms with E-state index < -0.39 is 0 Å². The van der Waals surface area contributed by atoms with Crippen LogP contribution in [0.5, 0.6) is 0 Å². The predicted octanol–water partition coefficient (Wildman–Crippen LogP) is 4.56. The van der Waals surface area contributed by atoms with Gasteiger partial charge in [-0.15, -0.1) is 0 Å². The highest BCUT2D eigenvalue weighted by atomic mass is 35.5. The largest absolute Gasteiger partial charge is 0.338 e. The number of benzene rings is 2. The van der Waals surface area contributed by atoms with E-state index in [1.54, 1.807) is 47.4 Å². The van der Waals surface area contributed by atoms with E-state index in [4.69, 9.17) is 11.6 Å². The van der Waals surface area contributed by atoms with Crippen LogP contribution in [0.15, 0.2) is 70.6 Å².